The Labute approximate surface area is 163 Å². The van der Waals surface area contributed by atoms with Gasteiger partial charge >= 0.3 is 6.03 Å². The van der Waals surface area contributed by atoms with E-state index in [2.05, 4.69) is 21.3 Å². The zero-order chi connectivity index (χ0) is 20.4. The smallest absolute Gasteiger partial charge is 0.319 e. The Morgan fingerprint density at radius 2 is 1.57 bits per heavy atom. The molecule has 0 aromatic heterocycles. The number of amides is 4. The molecule has 0 heterocycles. The number of hydrogen-bond donors (Lipinski definition) is 4. The molecule has 0 spiro atoms. The first-order valence-electron chi connectivity index (χ1n) is 8.92. The summed E-state index contributed by atoms with van der Waals surface area (Å²) < 4.78 is 5.45. The van der Waals surface area contributed by atoms with Crippen LogP contribution < -0.4 is 26.0 Å². The normalized spacial score (nSPS) is 9.93. The predicted molar refractivity (Wildman–Crippen MR) is 108 cm³/mol. The second-order valence-corrected chi connectivity index (χ2v) is 5.82. The van der Waals surface area contributed by atoms with Crippen LogP contribution in [0, 0.1) is 0 Å². The molecule has 8 nitrogen and oxygen atoms in total. The molecule has 8 heteroatoms. The summed E-state index contributed by atoms with van der Waals surface area (Å²) in [6.07, 6.45) is 0. The topological polar surface area (TPSA) is 109 Å². The van der Waals surface area contributed by atoms with E-state index in [-0.39, 0.29) is 30.9 Å². The van der Waals surface area contributed by atoms with E-state index in [0.717, 1.165) is 0 Å². The largest absolute Gasteiger partial charge is 0.492 e. The number of urea groups is 1. The van der Waals surface area contributed by atoms with E-state index < -0.39 is 0 Å². The van der Waals surface area contributed by atoms with Crippen molar-refractivity contribution in [2.45, 2.75) is 13.8 Å². The van der Waals surface area contributed by atoms with Crippen LogP contribution in [0.5, 0.6) is 5.75 Å². The van der Waals surface area contributed by atoms with Gasteiger partial charge in [0.25, 0.3) is 5.91 Å². The summed E-state index contributed by atoms with van der Waals surface area (Å²) in [5.74, 6) is 0.153. The number of rotatable bonds is 8. The van der Waals surface area contributed by atoms with E-state index in [1.165, 1.54) is 6.92 Å². The molecule has 2 rings (SSSR count). The molecule has 2 aromatic rings. The van der Waals surface area contributed by atoms with Gasteiger partial charge in [0, 0.05) is 31.3 Å². The van der Waals surface area contributed by atoms with Crippen LogP contribution >= 0.6 is 0 Å². The van der Waals surface area contributed by atoms with E-state index in [9.17, 15) is 14.4 Å². The molecule has 0 fully saturated rings. The molecular weight excluding hydrogens is 360 g/mol. The fourth-order valence-electron chi connectivity index (χ4n) is 2.38. The van der Waals surface area contributed by atoms with Gasteiger partial charge in [-0.15, -0.1) is 0 Å². The molecule has 0 saturated carbocycles. The van der Waals surface area contributed by atoms with Gasteiger partial charge in [-0.1, -0.05) is 12.1 Å². The molecule has 0 unspecified atom stereocenters. The van der Waals surface area contributed by atoms with Crippen molar-refractivity contribution in [2.75, 3.05) is 30.3 Å². The first-order valence-corrected chi connectivity index (χ1v) is 8.92. The Kier molecular flexibility index (Phi) is 7.83. The maximum atomic E-state index is 12.1. The molecule has 4 N–H and O–H groups in total. The summed E-state index contributed by atoms with van der Waals surface area (Å²) in [4.78, 5) is 35.1. The lowest BCUT2D eigenvalue weighted by molar-refractivity contribution is -0.114. The molecule has 28 heavy (non-hydrogen) atoms. The molecule has 0 aliphatic heterocycles. The van der Waals surface area contributed by atoms with E-state index in [1.54, 1.807) is 42.5 Å². The summed E-state index contributed by atoms with van der Waals surface area (Å²) in [5, 5.41) is 10.7. The van der Waals surface area contributed by atoms with Crippen LogP contribution in [-0.4, -0.2) is 37.5 Å². The molecule has 2 aromatic carbocycles. The molecule has 0 aliphatic carbocycles. The van der Waals surface area contributed by atoms with Gasteiger partial charge in [0.1, 0.15) is 5.75 Å². The average molecular weight is 384 g/mol. The van der Waals surface area contributed by atoms with Crippen LogP contribution in [0.15, 0.2) is 48.5 Å². The summed E-state index contributed by atoms with van der Waals surface area (Å²) in [7, 11) is 0. The molecule has 0 bridgehead atoms. The van der Waals surface area contributed by atoms with Crippen molar-refractivity contribution >= 4 is 29.2 Å². The summed E-state index contributed by atoms with van der Waals surface area (Å²) in [6, 6.07) is 13.3. The van der Waals surface area contributed by atoms with Crippen molar-refractivity contribution in [3.63, 3.8) is 0 Å². The molecule has 0 aliphatic rings. The minimum absolute atomic E-state index is 0.176. The SMILES string of the molecule is CCOc1ccccc1NC(=O)NCCNC(=O)c1ccc(NC(C)=O)cc1. The summed E-state index contributed by atoms with van der Waals surface area (Å²) in [5.41, 5.74) is 1.66. The number of carbonyl (C=O) groups is 3. The number of para-hydroxylation sites is 2. The maximum Gasteiger partial charge on any atom is 0.319 e. The number of nitrogens with one attached hydrogen (secondary N) is 4. The van der Waals surface area contributed by atoms with Gasteiger partial charge < -0.3 is 26.0 Å². The Morgan fingerprint density at radius 1 is 0.893 bits per heavy atom. The third-order valence-electron chi connectivity index (χ3n) is 3.60. The second kappa shape index (κ2) is 10.6. The van der Waals surface area contributed by atoms with Gasteiger partial charge in [0.15, 0.2) is 0 Å². The Hall–Kier alpha value is -3.55. The van der Waals surface area contributed by atoms with E-state index >= 15 is 0 Å². The van der Waals surface area contributed by atoms with Crippen LogP contribution in [0.4, 0.5) is 16.2 Å². The highest BCUT2D eigenvalue weighted by Crippen LogP contribution is 2.23. The van der Waals surface area contributed by atoms with Gasteiger partial charge in [-0.25, -0.2) is 4.79 Å². The number of hydrogen-bond acceptors (Lipinski definition) is 4. The standard InChI is InChI=1S/C20H24N4O4/c1-3-28-18-7-5-4-6-17(18)24-20(27)22-13-12-21-19(26)15-8-10-16(11-9-15)23-14(2)25/h4-11H,3,12-13H2,1-2H3,(H,21,26)(H,23,25)(H2,22,24,27). The lowest BCUT2D eigenvalue weighted by atomic mass is 10.2. The van der Waals surface area contributed by atoms with Crippen molar-refractivity contribution < 1.29 is 19.1 Å². The molecule has 0 atom stereocenters. The van der Waals surface area contributed by atoms with Gasteiger partial charge in [0.2, 0.25) is 5.91 Å². The van der Waals surface area contributed by atoms with Crippen molar-refractivity contribution in [1.82, 2.24) is 10.6 Å². The first kappa shape index (κ1) is 20.8. The fraction of sp³-hybridized carbons (Fsp3) is 0.250. The third-order valence-corrected chi connectivity index (χ3v) is 3.60. The van der Waals surface area contributed by atoms with Gasteiger partial charge in [0.05, 0.1) is 12.3 Å². The molecular formula is C20H24N4O4. The van der Waals surface area contributed by atoms with Crippen molar-refractivity contribution in [3.05, 3.63) is 54.1 Å². The predicted octanol–water partition coefficient (Wildman–Crippen LogP) is 2.60. The van der Waals surface area contributed by atoms with Crippen LogP contribution in [-0.2, 0) is 4.79 Å². The van der Waals surface area contributed by atoms with Crippen LogP contribution in [0.25, 0.3) is 0 Å². The Morgan fingerprint density at radius 3 is 2.25 bits per heavy atom. The quantitative estimate of drug-likeness (QED) is 0.525. The average Bonchev–Trinajstić information content (AvgIpc) is 2.67. The Balaban J connectivity index is 1.74. The molecule has 0 radical (unpaired) electrons. The Bertz CT molecular complexity index is 821. The molecule has 148 valence electrons. The highest BCUT2D eigenvalue weighted by atomic mass is 16.5. The zero-order valence-corrected chi connectivity index (χ0v) is 15.9. The number of anilines is 2. The molecule has 0 saturated heterocycles. The number of benzene rings is 2. The minimum Gasteiger partial charge on any atom is -0.492 e. The van der Waals surface area contributed by atoms with E-state index in [0.29, 0.717) is 29.3 Å². The highest BCUT2D eigenvalue weighted by Gasteiger charge is 2.08. The van der Waals surface area contributed by atoms with Crippen molar-refractivity contribution in [1.29, 1.82) is 0 Å². The zero-order valence-electron chi connectivity index (χ0n) is 15.9. The van der Waals surface area contributed by atoms with Crippen LogP contribution in [0.1, 0.15) is 24.2 Å². The number of ether oxygens (including phenoxy) is 1. The highest BCUT2D eigenvalue weighted by molar-refractivity contribution is 5.95. The van der Waals surface area contributed by atoms with Gasteiger partial charge in [-0.2, -0.15) is 0 Å². The summed E-state index contributed by atoms with van der Waals surface area (Å²) in [6.45, 7) is 4.31. The summed E-state index contributed by atoms with van der Waals surface area (Å²) >= 11 is 0. The lowest BCUT2D eigenvalue weighted by Crippen LogP contribution is -2.36. The van der Waals surface area contributed by atoms with Crippen LogP contribution in [0.3, 0.4) is 0 Å². The van der Waals surface area contributed by atoms with Crippen molar-refractivity contribution in [2.24, 2.45) is 0 Å². The van der Waals surface area contributed by atoms with Gasteiger partial charge in [-0.3, -0.25) is 9.59 Å². The van der Waals surface area contributed by atoms with Crippen molar-refractivity contribution in [3.8, 4) is 5.75 Å². The maximum absolute atomic E-state index is 12.1. The monoisotopic (exact) mass is 384 g/mol. The van der Waals surface area contributed by atoms with Crippen LogP contribution in [0.2, 0.25) is 0 Å². The fourth-order valence-corrected chi connectivity index (χ4v) is 2.38. The first-order chi connectivity index (χ1) is 13.5. The lowest BCUT2D eigenvalue weighted by Gasteiger charge is -2.12. The van der Waals surface area contributed by atoms with E-state index in [1.807, 2.05) is 13.0 Å². The minimum atomic E-state index is -0.388. The number of carbonyl (C=O) groups excluding carboxylic acids is 3. The van der Waals surface area contributed by atoms with Gasteiger partial charge in [-0.05, 0) is 43.3 Å². The van der Waals surface area contributed by atoms with E-state index in [4.69, 9.17) is 4.74 Å². The second-order valence-electron chi connectivity index (χ2n) is 5.82. The third kappa shape index (κ3) is 6.64. The molecule has 4 amide bonds.